The lowest BCUT2D eigenvalue weighted by atomic mass is 9.96. The Balaban J connectivity index is 1.56. The van der Waals surface area contributed by atoms with Gasteiger partial charge in [0, 0.05) is 24.5 Å². The van der Waals surface area contributed by atoms with E-state index < -0.39 is 17.7 Å². The molecule has 0 spiro atoms. The van der Waals surface area contributed by atoms with Gasteiger partial charge in [0.2, 0.25) is 0 Å². The van der Waals surface area contributed by atoms with E-state index in [1.807, 2.05) is 30.3 Å². The number of ketones is 1. The first-order valence-corrected chi connectivity index (χ1v) is 10.8. The van der Waals surface area contributed by atoms with E-state index in [-0.39, 0.29) is 11.3 Å². The lowest BCUT2D eigenvalue weighted by Crippen LogP contribution is -2.31. The molecule has 0 saturated carbocycles. The summed E-state index contributed by atoms with van der Waals surface area (Å²) in [6.45, 7) is 1.18. The van der Waals surface area contributed by atoms with E-state index in [9.17, 15) is 14.7 Å². The van der Waals surface area contributed by atoms with Crippen LogP contribution in [-0.2, 0) is 16.0 Å². The molecule has 1 atom stereocenters. The summed E-state index contributed by atoms with van der Waals surface area (Å²) in [4.78, 5) is 31.9. The summed E-state index contributed by atoms with van der Waals surface area (Å²) in [6, 6.07) is 17.5. The Morgan fingerprint density at radius 1 is 1.00 bits per heavy atom. The Hall–Kier alpha value is -4.13. The van der Waals surface area contributed by atoms with Crippen LogP contribution in [0.1, 0.15) is 22.7 Å². The first-order valence-electron chi connectivity index (χ1n) is 10.8. The lowest BCUT2D eigenvalue weighted by Gasteiger charge is -2.25. The number of hydrogen-bond acceptors (Lipinski definition) is 6. The number of aliphatic hydroxyl groups is 1. The second-order valence-electron chi connectivity index (χ2n) is 7.87. The maximum absolute atomic E-state index is 13.1. The molecule has 5 rings (SSSR count). The Bertz CT molecular complexity index is 1220. The van der Waals surface area contributed by atoms with E-state index in [2.05, 4.69) is 4.98 Å². The monoisotopic (exact) mass is 442 g/mol. The van der Waals surface area contributed by atoms with E-state index in [0.717, 1.165) is 5.56 Å². The van der Waals surface area contributed by atoms with Crippen molar-refractivity contribution in [2.24, 2.45) is 0 Å². The molecular formula is C26H22N2O5. The van der Waals surface area contributed by atoms with E-state index >= 15 is 0 Å². The van der Waals surface area contributed by atoms with E-state index in [1.54, 1.807) is 42.7 Å². The number of likely N-dealkylation sites (tertiary alicyclic amines) is 1. The second kappa shape index (κ2) is 8.78. The molecule has 1 aromatic heterocycles. The molecule has 2 aromatic carbocycles. The van der Waals surface area contributed by atoms with Gasteiger partial charge >= 0.3 is 0 Å². The largest absolute Gasteiger partial charge is 0.507 e. The van der Waals surface area contributed by atoms with Crippen LogP contribution in [0.5, 0.6) is 11.5 Å². The van der Waals surface area contributed by atoms with Crippen molar-refractivity contribution in [3.63, 3.8) is 0 Å². The summed E-state index contributed by atoms with van der Waals surface area (Å²) < 4.78 is 11.2. The van der Waals surface area contributed by atoms with Crippen molar-refractivity contribution in [3.8, 4) is 11.5 Å². The lowest BCUT2D eigenvalue weighted by molar-refractivity contribution is -0.139. The Labute approximate surface area is 190 Å². The number of Topliss-reactive ketones (excluding diaryl/α,β-unsaturated/α-hetero) is 1. The molecule has 7 heteroatoms. The average Bonchev–Trinajstić information content (AvgIpc) is 3.12. The number of nitrogens with zero attached hydrogens (tertiary/aromatic N) is 2. The minimum absolute atomic E-state index is 0.0396. The average molecular weight is 442 g/mol. The van der Waals surface area contributed by atoms with E-state index in [4.69, 9.17) is 9.47 Å². The summed E-state index contributed by atoms with van der Waals surface area (Å²) in [5.41, 5.74) is 2.13. The van der Waals surface area contributed by atoms with Gasteiger partial charge in [-0.25, -0.2) is 0 Å². The Kier molecular flexibility index (Phi) is 5.52. The minimum Gasteiger partial charge on any atom is -0.507 e. The van der Waals surface area contributed by atoms with Gasteiger partial charge < -0.3 is 19.5 Å². The number of aliphatic hydroxyl groups excluding tert-OH is 1. The van der Waals surface area contributed by atoms with Crippen LogP contribution < -0.4 is 9.47 Å². The summed E-state index contributed by atoms with van der Waals surface area (Å²) in [5, 5.41) is 11.2. The molecule has 1 amide bonds. The molecule has 2 aliphatic heterocycles. The summed E-state index contributed by atoms with van der Waals surface area (Å²) in [6.07, 6.45) is 3.82. The standard InChI is InChI=1S/C26H22N2O5/c29-24(18-8-9-20-21(15-18)33-14-13-32-20)22-23(19-7-4-11-27-16-19)28(26(31)25(22)30)12-10-17-5-2-1-3-6-17/h1-9,11,15-16,23,29H,10,12-14H2/b24-22+. The van der Waals surface area contributed by atoms with Crippen LogP contribution in [0, 0.1) is 0 Å². The zero-order chi connectivity index (χ0) is 22.8. The van der Waals surface area contributed by atoms with Gasteiger partial charge in [0.05, 0.1) is 11.6 Å². The zero-order valence-electron chi connectivity index (χ0n) is 17.8. The summed E-state index contributed by atoms with van der Waals surface area (Å²) in [7, 11) is 0. The molecule has 1 unspecified atom stereocenters. The van der Waals surface area contributed by atoms with Gasteiger partial charge in [-0.15, -0.1) is 0 Å². The van der Waals surface area contributed by atoms with Gasteiger partial charge in [0.1, 0.15) is 19.0 Å². The number of ether oxygens (including phenoxy) is 2. The van der Waals surface area contributed by atoms with Gasteiger partial charge in [-0.1, -0.05) is 36.4 Å². The fourth-order valence-corrected chi connectivity index (χ4v) is 4.24. The maximum atomic E-state index is 13.1. The molecule has 1 saturated heterocycles. The smallest absolute Gasteiger partial charge is 0.295 e. The minimum atomic E-state index is -0.740. The third kappa shape index (κ3) is 3.93. The molecule has 1 N–H and O–H groups in total. The molecule has 2 aliphatic rings. The molecule has 3 heterocycles. The van der Waals surface area contributed by atoms with Crippen LogP contribution in [0.2, 0.25) is 0 Å². The number of rotatable bonds is 5. The highest BCUT2D eigenvalue weighted by Gasteiger charge is 2.46. The van der Waals surface area contributed by atoms with Crippen molar-refractivity contribution < 1.29 is 24.2 Å². The van der Waals surface area contributed by atoms with Crippen LogP contribution in [-0.4, -0.2) is 46.4 Å². The highest BCUT2D eigenvalue weighted by Crippen LogP contribution is 2.40. The molecular weight excluding hydrogens is 420 g/mol. The molecule has 1 fully saturated rings. The summed E-state index contributed by atoms with van der Waals surface area (Å²) in [5.74, 6) is -0.545. The van der Waals surface area contributed by atoms with Gasteiger partial charge in [-0.05, 0) is 41.8 Å². The number of hydrogen-bond donors (Lipinski definition) is 1. The number of carbonyl (C=O) groups excluding carboxylic acids is 2. The fraction of sp³-hybridized carbons (Fsp3) is 0.192. The Morgan fingerprint density at radius 2 is 1.79 bits per heavy atom. The van der Waals surface area contributed by atoms with E-state index in [1.165, 1.54) is 4.90 Å². The van der Waals surface area contributed by atoms with Crippen LogP contribution in [0.15, 0.2) is 78.6 Å². The number of amides is 1. The van der Waals surface area contributed by atoms with Crippen LogP contribution in [0.4, 0.5) is 0 Å². The molecule has 0 bridgehead atoms. The topological polar surface area (TPSA) is 89.0 Å². The van der Waals surface area contributed by atoms with E-state index in [0.29, 0.717) is 48.8 Å². The van der Waals surface area contributed by atoms with Gasteiger partial charge in [0.25, 0.3) is 11.7 Å². The first kappa shape index (κ1) is 20.8. The predicted molar refractivity (Wildman–Crippen MR) is 121 cm³/mol. The van der Waals surface area contributed by atoms with Gasteiger partial charge in [-0.2, -0.15) is 0 Å². The number of fused-ring (bicyclic) bond motifs is 1. The highest BCUT2D eigenvalue weighted by molar-refractivity contribution is 6.46. The van der Waals surface area contributed by atoms with Crippen molar-refractivity contribution in [3.05, 3.63) is 95.3 Å². The molecule has 0 aliphatic carbocycles. The molecule has 7 nitrogen and oxygen atoms in total. The number of aromatic nitrogens is 1. The SMILES string of the molecule is O=C1C(=O)N(CCc2ccccc2)C(c2cccnc2)/C1=C(\O)c1ccc2c(c1)OCCO2. The summed E-state index contributed by atoms with van der Waals surface area (Å²) >= 11 is 0. The predicted octanol–water partition coefficient (Wildman–Crippen LogP) is 3.52. The third-order valence-corrected chi connectivity index (χ3v) is 5.84. The molecule has 3 aromatic rings. The fourth-order valence-electron chi connectivity index (χ4n) is 4.24. The van der Waals surface area contributed by atoms with Crippen molar-refractivity contribution >= 4 is 17.4 Å². The molecule has 33 heavy (non-hydrogen) atoms. The number of benzene rings is 2. The van der Waals surface area contributed by atoms with Crippen molar-refractivity contribution in [1.82, 2.24) is 9.88 Å². The van der Waals surface area contributed by atoms with Gasteiger partial charge in [-0.3, -0.25) is 14.6 Å². The van der Waals surface area contributed by atoms with Crippen LogP contribution in [0.25, 0.3) is 5.76 Å². The maximum Gasteiger partial charge on any atom is 0.295 e. The Morgan fingerprint density at radius 3 is 2.55 bits per heavy atom. The first-order chi connectivity index (χ1) is 16.1. The number of pyridine rings is 1. The molecule has 166 valence electrons. The second-order valence-corrected chi connectivity index (χ2v) is 7.87. The number of carbonyl (C=O) groups is 2. The van der Waals surface area contributed by atoms with Crippen LogP contribution in [0.3, 0.4) is 0 Å². The van der Waals surface area contributed by atoms with Gasteiger partial charge in [0.15, 0.2) is 11.5 Å². The van der Waals surface area contributed by atoms with Crippen molar-refractivity contribution in [2.75, 3.05) is 19.8 Å². The van der Waals surface area contributed by atoms with Crippen molar-refractivity contribution in [2.45, 2.75) is 12.5 Å². The normalized spacial score (nSPS) is 19.0. The quantitative estimate of drug-likeness (QED) is 0.370. The molecule has 0 radical (unpaired) electrons. The third-order valence-electron chi connectivity index (χ3n) is 5.84. The zero-order valence-corrected chi connectivity index (χ0v) is 17.8. The van der Waals surface area contributed by atoms with Crippen LogP contribution >= 0.6 is 0 Å². The van der Waals surface area contributed by atoms with Crippen molar-refractivity contribution in [1.29, 1.82) is 0 Å². The highest BCUT2D eigenvalue weighted by atomic mass is 16.6.